The maximum atomic E-state index is 12.6. The summed E-state index contributed by atoms with van der Waals surface area (Å²) in [5.74, 6) is 0.115. The Hall–Kier alpha value is -1.85. The van der Waals surface area contributed by atoms with Crippen molar-refractivity contribution in [2.24, 2.45) is 5.73 Å². The van der Waals surface area contributed by atoms with E-state index in [2.05, 4.69) is 9.88 Å². The Labute approximate surface area is 137 Å². The highest BCUT2D eigenvalue weighted by atomic mass is 16.2. The van der Waals surface area contributed by atoms with Crippen LogP contribution in [0.1, 0.15) is 29.8 Å². The van der Waals surface area contributed by atoms with E-state index < -0.39 is 0 Å². The zero-order valence-corrected chi connectivity index (χ0v) is 13.6. The predicted octanol–water partition coefficient (Wildman–Crippen LogP) is 2.05. The Balaban J connectivity index is 1.52. The average Bonchev–Trinajstić information content (AvgIpc) is 3.03. The van der Waals surface area contributed by atoms with Crippen molar-refractivity contribution in [1.82, 2.24) is 14.8 Å². The lowest BCUT2D eigenvalue weighted by atomic mass is 10.2. The molecule has 0 unspecified atom stereocenters. The number of aromatic nitrogens is 1. The SMILES string of the molecule is NCCCCCN1CCN(C(=O)c2cc3ccccc3[nH]2)CC1. The van der Waals surface area contributed by atoms with E-state index in [1.165, 1.54) is 12.8 Å². The monoisotopic (exact) mass is 314 g/mol. The fourth-order valence-corrected chi connectivity index (χ4v) is 3.19. The largest absolute Gasteiger partial charge is 0.351 e. The number of carbonyl (C=O) groups excluding carboxylic acids is 1. The van der Waals surface area contributed by atoms with Crippen LogP contribution in [0.15, 0.2) is 30.3 Å². The van der Waals surface area contributed by atoms with Gasteiger partial charge in [-0.05, 0) is 38.1 Å². The number of amides is 1. The molecule has 1 amide bonds. The van der Waals surface area contributed by atoms with E-state index in [1.807, 2.05) is 35.2 Å². The smallest absolute Gasteiger partial charge is 0.270 e. The third kappa shape index (κ3) is 3.92. The quantitative estimate of drug-likeness (QED) is 0.802. The number of carbonyl (C=O) groups is 1. The molecule has 0 saturated carbocycles. The first-order valence-electron chi connectivity index (χ1n) is 8.57. The van der Waals surface area contributed by atoms with Gasteiger partial charge in [-0.15, -0.1) is 0 Å². The van der Waals surface area contributed by atoms with E-state index in [0.717, 1.165) is 56.6 Å². The summed E-state index contributed by atoms with van der Waals surface area (Å²) in [5.41, 5.74) is 7.24. The molecule has 1 saturated heterocycles. The molecule has 1 fully saturated rings. The molecule has 0 spiro atoms. The summed E-state index contributed by atoms with van der Waals surface area (Å²) in [4.78, 5) is 20.3. The normalized spacial score (nSPS) is 16.1. The summed E-state index contributed by atoms with van der Waals surface area (Å²) < 4.78 is 0. The number of piperazine rings is 1. The number of hydrogen-bond donors (Lipinski definition) is 2. The van der Waals surface area contributed by atoms with Gasteiger partial charge < -0.3 is 15.6 Å². The highest BCUT2D eigenvalue weighted by Gasteiger charge is 2.22. The molecule has 0 atom stereocenters. The second kappa shape index (κ2) is 7.62. The van der Waals surface area contributed by atoms with Gasteiger partial charge in [-0.25, -0.2) is 0 Å². The Kier molecular flexibility index (Phi) is 5.31. The van der Waals surface area contributed by atoms with Crippen molar-refractivity contribution >= 4 is 16.8 Å². The number of nitrogens with one attached hydrogen (secondary N) is 1. The van der Waals surface area contributed by atoms with Crippen molar-refractivity contribution in [3.8, 4) is 0 Å². The van der Waals surface area contributed by atoms with Gasteiger partial charge >= 0.3 is 0 Å². The van der Waals surface area contributed by atoms with Crippen LogP contribution in [-0.2, 0) is 0 Å². The average molecular weight is 314 g/mol. The maximum absolute atomic E-state index is 12.6. The van der Waals surface area contributed by atoms with Crippen molar-refractivity contribution in [3.05, 3.63) is 36.0 Å². The van der Waals surface area contributed by atoms with Crippen LogP contribution < -0.4 is 5.73 Å². The molecule has 3 rings (SSSR count). The first-order valence-corrected chi connectivity index (χ1v) is 8.57. The minimum atomic E-state index is 0.115. The van der Waals surface area contributed by atoms with Gasteiger partial charge in [-0.2, -0.15) is 0 Å². The standard InChI is InChI=1S/C18H26N4O/c19-8-4-1-5-9-21-10-12-22(13-11-21)18(23)17-14-15-6-2-3-7-16(15)20-17/h2-3,6-7,14,20H,1,4-5,8-13,19H2. The lowest BCUT2D eigenvalue weighted by Crippen LogP contribution is -2.48. The number of aromatic amines is 1. The van der Waals surface area contributed by atoms with Crippen LogP contribution in [0.25, 0.3) is 10.9 Å². The predicted molar refractivity (Wildman–Crippen MR) is 93.5 cm³/mol. The Morgan fingerprint density at radius 3 is 2.61 bits per heavy atom. The van der Waals surface area contributed by atoms with Crippen molar-refractivity contribution in [2.75, 3.05) is 39.3 Å². The van der Waals surface area contributed by atoms with Gasteiger partial charge in [0.25, 0.3) is 5.91 Å². The molecule has 5 nitrogen and oxygen atoms in total. The minimum absolute atomic E-state index is 0.115. The van der Waals surface area contributed by atoms with Crippen LogP contribution in [0.3, 0.4) is 0 Å². The molecule has 2 heterocycles. The lowest BCUT2D eigenvalue weighted by Gasteiger charge is -2.34. The van der Waals surface area contributed by atoms with Gasteiger partial charge in [-0.1, -0.05) is 24.6 Å². The zero-order valence-electron chi connectivity index (χ0n) is 13.6. The maximum Gasteiger partial charge on any atom is 0.270 e. The van der Waals surface area contributed by atoms with Gasteiger partial charge in [-0.3, -0.25) is 9.69 Å². The van der Waals surface area contributed by atoms with Gasteiger partial charge in [0.05, 0.1) is 0 Å². The number of unbranched alkanes of at least 4 members (excludes halogenated alkanes) is 2. The fourth-order valence-electron chi connectivity index (χ4n) is 3.19. The summed E-state index contributed by atoms with van der Waals surface area (Å²) in [6.07, 6.45) is 3.51. The Bertz CT molecular complexity index is 610. The topological polar surface area (TPSA) is 65.4 Å². The van der Waals surface area contributed by atoms with Crippen LogP contribution in [0, 0.1) is 0 Å². The number of nitrogens with two attached hydrogens (primary N) is 1. The van der Waals surface area contributed by atoms with E-state index in [1.54, 1.807) is 0 Å². The molecule has 5 heteroatoms. The van der Waals surface area contributed by atoms with Crippen molar-refractivity contribution in [1.29, 1.82) is 0 Å². The molecule has 1 aromatic carbocycles. The molecule has 0 bridgehead atoms. The van der Waals surface area contributed by atoms with Crippen LogP contribution in [0.5, 0.6) is 0 Å². The summed E-state index contributed by atoms with van der Waals surface area (Å²) in [5, 5.41) is 1.09. The summed E-state index contributed by atoms with van der Waals surface area (Å²) in [6.45, 7) is 5.46. The van der Waals surface area contributed by atoms with Crippen molar-refractivity contribution in [3.63, 3.8) is 0 Å². The molecule has 1 aliphatic heterocycles. The molecule has 1 aliphatic rings. The summed E-state index contributed by atoms with van der Waals surface area (Å²) >= 11 is 0. The molecule has 0 aliphatic carbocycles. The second-order valence-corrected chi connectivity index (χ2v) is 6.25. The lowest BCUT2D eigenvalue weighted by molar-refractivity contribution is 0.0630. The fraction of sp³-hybridized carbons (Fsp3) is 0.500. The first kappa shape index (κ1) is 16.0. The minimum Gasteiger partial charge on any atom is -0.351 e. The molecule has 2 aromatic rings. The van der Waals surface area contributed by atoms with Crippen LogP contribution in [0.4, 0.5) is 0 Å². The van der Waals surface area contributed by atoms with Crippen molar-refractivity contribution < 1.29 is 4.79 Å². The number of fused-ring (bicyclic) bond motifs is 1. The van der Waals surface area contributed by atoms with E-state index in [-0.39, 0.29) is 5.91 Å². The molecular weight excluding hydrogens is 288 g/mol. The van der Waals surface area contributed by atoms with Crippen LogP contribution >= 0.6 is 0 Å². The molecule has 23 heavy (non-hydrogen) atoms. The third-order valence-electron chi connectivity index (χ3n) is 4.60. The van der Waals surface area contributed by atoms with Crippen LogP contribution in [-0.4, -0.2) is 60.0 Å². The molecule has 1 aromatic heterocycles. The first-order chi connectivity index (χ1) is 11.3. The number of benzene rings is 1. The van der Waals surface area contributed by atoms with E-state index in [9.17, 15) is 4.79 Å². The zero-order chi connectivity index (χ0) is 16.1. The number of H-pyrrole nitrogens is 1. The molecule has 124 valence electrons. The van der Waals surface area contributed by atoms with E-state index in [4.69, 9.17) is 5.73 Å². The third-order valence-corrected chi connectivity index (χ3v) is 4.60. The number of para-hydroxylation sites is 1. The van der Waals surface area contributed by atoms with Gasteiger partial charge in [0.2, 0.25) is 0 Å². The Morgan fingerprint density at radius 1 is 1.09 bits per heavy atom. The number of hydrogen-bond acceptors (Lipinski definition) is 3. The highest BCUT2D eigenvalue weighted by molar-refractivity contribution is 5.98. The van der Waals surface area contributed by atoms with E-state index in [0.29, 0.717) is 5.69 Å². The number of rotatable bonds is 6. The second-order valence-electron chi connectivity index (χ2n) is 6.25. The summed E-state index contributed by atoms with van der Waals surface area (Å²) in [7, 11) is 0. The van der Waals surface area contributed by atoms with Crippen LogP contribution in [0.2, 0.25) is 0 Å². The van der Waals surface area contributed by atoms with Crippen molar-refractivity contribution in [2.45, 2.75) is 19.3 Å². The van der Waals surface area contributed by atoms with Gasteiger partial charge in [0.1, 0.15) is 5.69 Å². The number of nitrogens with zero attached hydrogens (tertiary/aromatic N) is 2. The molecular formula is C18H26N4O. The Morgan fingerprint density at radius 2 is 1.87 bits per heavy atom. The molecule has 3 N–H and O–H groups in total. The van der Waals surface area contributed by atoms with Gasteiger partial charge in [0, 0.05) is 37.1 Å². The molecule has 0 radical (unpaired) electrons. The highest BCUT2D eigenvalue weighted by Crippen LogP contribution is 2.17. The van der Waals surface area contributed by atoms with Gasteiger partial charge in [0.15, 0.2) is 0 Å². The summed E-state index contributed by atoms with van der Waals surface area (Å²) in [6, 6.07) is 9.97. The van der Waals surface area contributed by atoms with E-state index >= 15 is 0 Å².